The highest BCUT2D eigenvalue weighted by molar-refractivity contribution is 9.11. The molecule has 1 aromatic carbocycles. The fraction of sp³-hybridized carbons (Fsp3) is 0.250. The fourth-order valence-electron chi connectivity index (χ4n) is 0.887. The van der Waals surface area contributed by atoms with Gasteiger partial charge >= 0.3 is 0 Å². The molecule has 0 N–H and O–H groups in total. The van der Waals surface area contributed by atoms with Crippen LogP contribution in [0.2, 0.25) is 0 Å². The first-order chi connectivity index (χ1) is 6.47. The summed E-state index contributed by atoms with van der Waals surface area (Å²) in [5.41, 5.74) is 0. The third-order valence-corrected chi connectivity index (χ3v) is 4.31. The maximum atomic E-state index is 11.5. The Labute approximate surface area is 99.8 Å². The van der Waals surface area contributed by atoms with Crippen molar-refractivity contribution in [3.8, 4) is 0 Å². The minimum Gasteiger partial charge on any atom is -0.267 e. The van der Waals surface area contributed by atoms with Crippen LogP contribution in [-0.2, 0) is 14.3 Å². The van der Waals surface area contributed by atoms with E-state index in [1.54, 1.807) is 19.1 Å². The zero-order chi connectivity index (χ0) is 10.8. The maximum Gasteiger partial charge on any atom is 0.298 e. The van der Waals surface area contributed by atoms with Crippen LogP contribution >= 0.6 is 31.9 Å². The van der Waals surface area contributed by atoms with E-state index in [1.165, 1.54) is 6.07 Å². The van der Waals surface area contributed by atoms with Crippen LogP contribution in [0.25, 0.3) is 0 Å². The minimum absolute atomic E-state index is 0.126. The van der Waals surface area contributed by atoms with Gasteiger partial charge in [-0.05, 0) is 41.1 Å². The lowest BCUT2D eigenvalue weighted by atomic mass is 10.4. The van der Waals surface area contributed by atoms with Gasteiger partial charge in [0.1, 0.15) is 4.90 Å². The SMILES string of the molecule is CCOS(=O)(=O)c1cc(Br)ccc1Br. The van der Waals surface area contributed by atoms with E-state index in [-0.39, 0.29) is 11.5 Å². The predicted octanol–water partition coefficient (Wildman–Crippen LogP) is 2.94. The Morgan fingerprint density at radius 3 is 2.57 bits per heavy atom. The number of benzene rings is 1. The van der Waals surface area contributed by atoms with Gasteiger partial charge in [0.15, 0.2) is 0 Å². The standard InChI is InChI=1S/C8H8Br2O3S/c1-2-13-14(11,12)8-5-6(9)3-4-7(8)10/h3-5H,2H2,1H3. The molecule has 0 saturated carbocycles. The normalized spacial score (nSPS) is 11.6. The van der Waals surface area contributed by atoms with Crippen LogP contribution in [-0.4, -0.2) is 15.0 Å². The van der Waals surface area contributed by atoms with Crippen molar-refractivity contribution in [1.82, 2.24) is 0 Å². The molecule has 1 aromatic rings. The van der Waals surface area contributed by atoms with Gasteiger partial charge in [0.2, 0.25) is 0 Å². The van der Waals surface area contributed by atoms with Crippen molar-refractivity contribution < 1.29 is 12.6 Å². The Morgan fingerprint density at radius 1 is 1.36 bits per heavy atom. The smallest absolute Gasteiger partial charge is 0.267 e. The Balaban J connectivity index is 3.25. The summed E-state index contributed by atoms with van der Waals surface area (Å²) in [6.45, 7) is 1.75. The zero-order valence-corrected chi connectivity index (χ0v) is 11.3. The summed E-state index contributed by atoms with van der Waals surface area (Å²) < 4.78 is 28.9. The minimum atomic E-state index is -3.64. The average molecular weight is 344 g/mol. The van der Waals surface area contributed by atoms with Crippen molar-refractivity contribution in [3.63, 3.8) is 0 Å². The van der Waals surface area contributed by atoms with Gasteiger partial charge in [0, 0.05) is 8.95 Å². The van der Waals surface area contributed by atoms with E-state index in [2.05, 4.69) is 36.0 Å². The Hall–Kier alpha value is 0.0900. The fourth-order valence-corrected chi connectivity index (χ4v) is 3.26. The number of hydrogen-bond donors (Lipinski definition) is 0. The highest BCUT2D eigenvalue weighted by atomic mass is 79.9. The molecule has 0 aliphatic heterocycles. The lowest BCUT2D eigenvalue weighted by molar-refractivity contribution is 0.338. The summed E-state index contributed by atoms with van der Waals surface area (Å²) in [6, 6.07) is 4.89. The van der Waals surface area contributed by atoms with Gasteiger partial charge in [-0.25, -0.2) is 0 Å². The summed E-state index contributed by atoms with van der Waals surface area (Å²) >= 11 is 6.36. The molecular weight excluding hydrogens is 336 g/mol. The van der Waals surface area contributed by atoms with Gasteiger partial charge in [-0.2, -0.15) is 8.42 Å². The van der Waals surface area contributed by atoms with Gasteiger partial charge in [0.25, 0.3) is 10.1 Å². The molecule has 1 rings (SSSR count). The van der Waals surface area contributed by atoms with Crippen molar-refractivity contribution in [1.29, 1.82) is 0 Å². The molecule has 6 heteroatoms. The molecule has 0 aliphatic carbocycles. The van der Waals surface area contributed by atoms with Crippen LogP contribution in [0.5, 0.6) is 0 Å². The van der Waals surface area contributed by atoms with Crippen LogP contribution in [0, 0.1) is 0 Å². The zero-order valence-electron chi connectivity index (χ0n) is 7.33. The monoisotopic (exact) mass is 342 g/mol. The van der Waals surface area contributed by atoms with Crippen LogP contribution in [0.3, 0.4) is 0 Å². The highest BCUT2D eigenvalue weighted by Gasteiger charge is 2.17. The second-order valence-corrected chi connectivity index (χ2v) is 5.79. The molecule has 0 fully saturated rings. The van der Waals surface area contributed by atoms with E-state index >= 15 is 0 Å². The van der Waals surface area contributed by atoms with Gasteiger partial charge in [-0.15, -0.1) is 0 Å². The molecule has 0 bridgehead atoms. The molecule has 0 aromatic heterocycles. The molecule has 78 valence electrons. The topological polar surface area (TPSA) is 43.4 Å². The molecule has 0 unspecified atom stereocenters. The van der Waals surface area contributed by atoms with Crippen molar-refractivity contribution in [2.45, 2.75) is 11.8 Å². The molecule has 0 atom stereocenters. The molecule has 0 heterocycles. The summed E-state index contributed by atoms with van der Waals surface area (Å²) in [7, 11) is -3.64. The molecule has 0 aliphatic rings. The third kappa shape index (κ3) is 2.79. The summed E-state index contributed by atoms with van der Waals surface area (Å²) in [5.74, 6) is 0. The maximum absolute atomic E-state index is 11.5. The number of hydrogen-bond acceptors (Lipinski definition) is 3. The summed E-state index contributed by atoms with van der Waals surface area (Å²) in [5, 5.41) is 0. The lowest BCUT2D eigenvalue weighted by Crippen LogP contribution is -2.06. The number of rotatable bonds is 3. The third-order valence-electron chi connectivity index (χ3n) is 1.44. The Kier molecular flexibility index (Phi) is 4.12. The second-order valence-electron chi connectivity index (χ2n) is 2.44. The molecular formula is C8H8Br2O3S. The van der Waals surface area contributed by atoms with E-state index in [0.717, 1.165) is 0 Å². The van der Waals surface area contributed by atoms with Crippen molar-refractivity contribution in [2.24, 2.45) is 0 Å². The molecule has 0 amide bonds. The molecule has 14 heavy (non-hydrogen) atoms. The largest absolute Gasteiger partial charge is 0.298 e. The van der Waals surface area contributed by atoms with E-state index in [4.69, 9.17) is 0 Å². The van der Waals surface area contributed by atoms with Gasteiger partial charge in [-0.3, -0.25) is 4.18 Å². The highest BCUT2D eigenvalue weighted by Crippen LogP contribution is 2.26. The first kappa shape index (κ1) is 12.2. The average Bonchev–Trinajstić information content (AvgIpc) is 2.09. The summed E-state index contributed by atoms with van der Waals surface area (Å²) in [6.07, 6.45) is 0. The van der Waals surface area contributed by atoms with E-state index in [1.807, 2.05) is 0 Å². The molecule has 0 saturated heterocycles. The van der Waals surface area contributed by atoms with Crippen LogP contribution in [0.15, 0.2) is 32.0 Å². The lowest BCUT2D eigenvalue weighted by Gasteiger charge is -2.05. The Morgan fingerprint density at radius 2 is 2.00 bits per heavy atom. The van der Waals surface area contributed by atoms with Gasteiger partial charge in [0.05, 0.1) is 6.61 Å². The number of halogens is 2. The van der Waals surface area contributed by atoms with Gasteiger partial charge < -0.3 is 0 Å². The predicted molar refractivity (Wildman–Crippen MR) is 60.7 cm³/mol. The van der Waals surface area contributed by atoms with E-state index in [0.29, 0.717) is 8.95 Å². The Bertz CT molecular complexity index is 428. The molecule has 0 radical (unpaired) electrons. The van der Waals surface area contributed by atoms with Crippen molar-refractivity contribution >= 4 is 42.0 Å². The van der Waals surface area contributed by atoms with Crippen molar-refractivity contribution in [3.05, 3.63) is 27.1 Å². The van der Waals surface area contributed by atoms with Crippen molar-refractivity contribution in [2.75, 3.05) is 6.61 Å². The molecule has 3 nitrogen and oxygen atoms in total. The van der Waals surface area contributed by atoms with E-state index < -0.39 is 10.1 Å². The summed E-state index contributed by atoms with van der Waals surface area (Å²) in [4.78, 5) is 0.133. The van der Waals surface area contributed by atoms with Crippen LogP contribution < -0.4 is 0 Å². The second kappa shape index (κ2) is 4.74. The first-order valence-electron chi connectivity index (χ1n) is 3.82. The van der Waals surface area contributed by atoms with E-state index in [9.17, 15) is 8.42 Å². The molecule has 0 spiro atoms. The van der Waals surface area contributed by atoms with Crippen LogP contribution in [0.4, 0.5) is 0 Å². The van der Waals surface area contributed by atoms with Crippen LogP contribution in [0.1, 0.15) is 6.92 Å². The quantitative estimate of drug-likeness (QED) is 0.792. The van der Waals surface area contributed by atoms with Gasteiger partial charge in [-0.1, -0.05) is 15.9 Å². The first-order valence-corrected chi connectivity index (χ1v) is 6.81.